The van der Waals surface area contributed by atoms with Gasteiger partial charge in [0.25, 0.3) is 0 Å². The zero-order valence-corrected chi connectivity index (χ0v) is 14.8. The highest BCUT2D eigenvalue weighted by Gasteiger charge is 2.22. The van der Waals surface area contributed by atoms with E-state index in [4.69, 9.17) is 14.5 Å². The standard InChI is InChI=1S/C21H20N4O2/c1-2-4-15(5-3-1)21-24-19(11-20(25-21)23-16-7-8-16)22-12-14-6-9-17-18(10-14)27-13-26-17/h1-6,9-11,16H,7-8,12-13H2,(H2,22,23,24,25). The monoisotopic (exact) mass is 360 g/mol. The van der Waals surface area contributed by atoms with Crippen LogP contribution < -0.4 is 20.1 Å². The average Bonchev–Trinajstić information content (AvgIpc) is 3.40. The average molecular weight is 360 g/mol. The number of nitrogens with one attached hydrogen (secondary N) is 2. The van der Waals surface area contributed by atoms with Gasteiger partial charge in [-0.1, -0.05) is 36.4 Å². The number of benzene rings is 2. The summed E-state index contributed by atoms with van der Waals surface area (Å²) in [5.41, 5.74) is 2.11. The minimum atomic E-state index is 0.286. The van der Waals surface area contributed by atoms with Gasteiger partial charge in [0.2, 0.25) is 6.79 Å². The van der Waals surface area contributed by atoms with Crippen molar-refractivity contribution in [3.05, 3.63) is 60.2 Å². The van der Waals surface area contributed by atoms with Gasteiger partial charge in [0, 0.05) is 24.2 Å². The van der Waals surface area contributed by atoms with Crippen molar-refractivity contribution in [3.63, 3.8) is 0 Å². The first-order valence-electron chi connectivity index (χ1n) is 9.17. The van der Waals surface area contributed by atoms with Gasteiger partial charge in [-0.25, -0.2) is 9.97 Å². The molecule has 5 rings (SSSR count). The van der Waals surface area contributed by atoms with Crippen LogP contribution in [0.5, 0.6) is 11.5 Å². The summed E-state index contributed by atoms with van der Waals surface area (Å²) < 4.78 is 10.8. The summed E-state index contributed by atoms with van der Waals surface area (Å²) in [6.07, 6.45) is 2.40. The van der Waals surface area contributed by atoms with Gasteiger partial charge in [-0.15, -0.1) is 0 Å². The second kappa shape index (κ2) is 6.79. The number of fused-ring (bicyclic) bond motifs is 1. The minimum absolute atomic E-state index is 0.286. The van der Waals surface area contributed by atoms with Gasteiger partial charge in [-0.2, -0.15) is 0 Å². The van der Waals surface area contributed by atoms with Crippen LogP contribution in [-0.2, 0) is 6.54 Å². The SMILES string of the molecule is c1ccc(-c2nc(NCc3ccc4c(c3)OCO4)cc(NC3CC3)n2)cc1. The van der Waals surface area contributed by atoms with Gasteiger partial charge in [0.15, 0.2) is 17.3 Å². The molecule has 2 aliphatic rings. The molecule has 6 nitrogen and oxygen atoms in total. The molecular formula is C21H20N4O2. The molecule has 0 atom stereocenters. The van der Waals surface area contributed by atoms with E-state index in [0.717, 1.165) is 40.1 Å². The molecule has 27 heavy (non-hydrogen) atoms. The highest BCUT2D eigenvalue weighted by atomic mass is 16.7. The Morgan fingerprint density at radius 3 is 2.56 bits per heavy atom. The molecule has 1 aliphatic heterocycles. The molecule has 0 radical (unpaired) electrons. The highest BCUT2D eigenvalue weighted by molar-refractivity contribution is 5.61. The molecule has 2 aromatic carbocycles. The first kappa shape index (κ1) is 15.9. The third-order valence-electron chi connectivity index (χ3n) is 4.60. The molecule has 2 heterocycles. The van der Waals surface area contributed by atoms with Crippen LogP contribution in [0.4, 0.5) is 11.6 Å². The summed E-state index contributed by atoms with van der Waals surface area (Å²) in [4.78, 5) is 9.39. The Hall–Kier alpha value is -3.28. The maximum Gasteiger partial charge on any atom is 0.231 e. The Morgan fingerprint density at radius 2 is 1.70 bits per heavy atom. The summed E-state index contributed by atoms with van der Waals surface area (Å²) in [5.74, 6) is 3.96. The lowest BCUT2D eigenvalue weighted by Crippen LogP contribution is -2.08. The van der Waals surface area contributed by atoms with E-state index >= 15 is 0 Å². The molecule has 1 aromatic heterocycles. The van der Waals surface area contributed by atoms with Crippen molar-refractivity contribution >= 4 is 11.6 Å². The van der Waals surface area contributed by atoms with Gasteiger partial charge >= 0.3 is 0 Å². The van der Waals surface area contributed by atoms with Crippen LogP contribution in [0, 0.1) is 0 Å². The van der Waals surface area contributed by atoms with Crippen LogP contribution in [0.3, 0.4) is 0 Å². The van der Waals surface area contributed by atoms with E-state index in [1.165, 1.54) is 12.8 Å². The van der Waals surface area contributed by atoms with E-state index in [1.807, 2.05) is 54.6 Å². The van der Waals surface area contributed by atoms with Gasteiger partial charge in [-0.05, 0) is 30.5 Å². The molecule has 0 bridgehead atoms. The fourth-order valence-corrected chi connectivity index (χ4v) is 3.01. The number of hydrogen-bond donors (Lipinski definition) is 2. The van der Waals surface area contributed by atoms with Crippen molar-refractivity contribution in [3.8, 4) is 22.9 Å². The van der Waals surface area contributed by atoms with Crippen LogP contribution in [-0.4, -0.2) is 22.8 Å². The third-order valence-corrected chi connectivity index (χ3v) is 4.60. The molecule has 1 fully saturated rings. The van der Waals surface area contributed by atoms with E-state index in [9.17, 15) is 0 Å². The first-order valence-corrected chi connectivity index (χ1v) is 9.17. The van der Waals surface area contributed by atoms with Crippen LogP contribution in [0.2, 0.25) is 0 Å². The Bertz CT molecular complexity index is 958. The Morgan fingerprint density at radius 1 is 0.889 bits per heavy atom. The van der Waals surface area contributed by atoms with Crippen molar-refractivity contribution in [2.24, 2.45) is 0 Å². The number of hydrogen-bond acceptors (Lipinski definition) is 6. The fraction of sp³-hybridized carbons (Fsp3) is 0.238. The maximum absolute atomic E-state index is 5.45. The zero-order valence-electron chi connectivity index (χ0n) is 14.8. The van der Waals surface area contributed by atoms with Crippen molar-refractivity contribution < 1.29 is 9.47 Å². The largest absolute Gasteiger partial charge is 0.454 e. The Kier molecular flexibility index (Phi) is 4.01. The molecule has 0 spiro atoms. The molecule has 1 saturated carbocycles. The smallest absolute Gasteiger partial charge is 0.231 e. The van der Waals surface area contributed by atoms with E-state index in [0.29, 0.717) is 12.6 Å². The fourth-order valence-electron chi connectivity index (χ4n) is 3.01. The lowest BCUT2D eigenvalue weighted by atomic mass is 10.2. The van der Waals surface area contributed by atoms with Gasteiger partial charge in [0.05, 0.1) is 0 Å². The van der Waals surface area contributed by atoms with Crippen molar-refractivity contribution in [2.75, 3.05) is 17.4 Å². The number of aromatic nitrogens is 2. The van der Waals surface area contributed by atoms with Crippen molar-refractivity contribution in [1.82, 2.24) is 9.97 Å². The quantitative estimate of drug-likeness (QED) is 0.691. The number of rotatable bonds is 6. The second-order valence-electron chi connectivity index (χ2n) is 6.79. The van der Waals surface area contributed by atoms with Crippen LogP contribution >= 0.6 is 0 Å². The van der Waals surface area contributed by atoms with Crippen LogP contribution in [0.25, 0.3) is 11.4 Å². The van der Waals surface area contributed by atoms with Crippen molar-refractivity contribution in [2.45, 2.75) is 25.4 Å². The third kappa shape index (κ3) is 3.65. The first-order chi connectivity index (χ1) is 13.3. The summed E-state index contributed by atoms with van der Waals surface area (Å²) in [7, 11) is 0. The normalized spacial score (nSPS) is 14.8. The van der Waals surface area contributed by atoms with Crippen molar-refractivity contribution in [1.29, 1.82) is 0 Å². The summed E-state index contributed by atoms with van der Waals surface area (Å²) in [6, 6.07) is 18.5. The topological polar surface area (TPSA) is 68.3 Å². The molecule has 6 heteroatoms. The lowest BCUT2D eigenvalue weighted by molar-refractivity contribution is 0.174. The molecule has 2 N–H and O–H groups in total. The summed E-state index contributed by atoms with van der Waals surface area (Å²) in [5, 5.41) is 6.88. The molecule has 136 valence electrons. The molecular weight excluding hydrogens is 340 g/mol. The minimum Gasteiger partial charge on any atom is -0.454 e. The summed E-state index contributed by atoms with van der Waals surface area (Å²) >= 11 is 0. The molecule has 0 unspecified atom stereocenters. The molecule has 1 aliphatic carbocycles. The molecule has 3 aromatic rings. The lowest BCUT2D eigenvalue weighted by Gasteiger charge is -2.11. The van der Waals surface area contributed by atoms with Gasteiger partial charge in [-0.3, -0.25) is 0 Å². The molecule has 0 amide bonds. The van der Waals surface area contributed by atoms with E-state index in [1.54, 1.807) is 0 Å². The summed E-state index contributed by atoms with van der Waals surface area (Å²) in [6.45, 7) is 0.930. The highest BCUT2D eigenvalue weighted by Crippen LogP contribution is 2.33. The van der Waals surface area contributed by atoms with Crippen LogP contribution in [0.1, 0.15) is 18.4 Å². The van der Waals surface area contributed by atoms with E-state index in [-0.39, 0.29) is 6.79 Å². The van der Waals surface area contributed by atoms with Crippen LogP contribution in [0.15, 0.2) is 54.6 Å². The van der Waals surface area contributed by atoms with Gasteiger partial charge < -0.3 is 20.1 Å². The predicted octanol–water partition coefficient (Wildman–Crippen LogP) is 4.06. The second-order valence-corrected chi connectivity index (χ2v) is 6.79. The predicted molar refractivity (Wildman–Crippen MR) is 104 cm³/mol. The van der Waals surface area contributed by atoms with Gasteiger partial charge in [0.1, 0.15) is 11.6 Å². The van der Waals surface area contributed by atoms with E-state index < -0.39 is 0 Å². The molecule has 0 saturated heterocycles. The zero-order chi connectivity index (χ0) is 18.1. The Labute approximate surface area is 157 Å². The number of nitrogens with zero attached hydrogens (tertiary/aromatic N) is 2. The number of ether oxygens (including phenoxy) is 2. The number of anilines is 2. The van der Waals surface area contributed by atoms with E-state index in [2.05, 4.69) is 15.6 Å². The maximum atomic E-state index is 5.45. The Balaban J connectivity index is 1.39.